The first-order chi connectivity index (χ1) is 22.8. The Hall–Kier alpha value is -3.47. The van der Waals surface area contributed by atoms with Crippen LogP contribution >= 0.6 is 11.8 Å². The standard InChI is InChI=1S/C42H48O3S/c1-5-15-33(16-6-1)31-36-32-38(45-41-21-11-13-29-44-41)26-27-40(42(36)35-17-7-2-8-18-35)34-22-24-37(25-23-34)43-28-12-4-14-30-46-39-19-9-3-10-20-39/h1-3,5-10,15-20,22-25,32,36,40-42H,4,11-14,21,26-31H2. The molecule has 1 heterocycles. The van der Waals surface area contributed by atoms with Crippen LogP contribution < -0.4 is 4.74 Å². The molecule has 1 saturated heterocycles. The number of unbranched alkanes of at least 4 members (excludes halogenated alkanes) is 2. The summed E-state index contributed by atoms with van der Waals surface area (Å²) in [6.45, 7) is 1.56. The van der Waals surface area contributed by atoms with Crippen molar-refractivity contribution in [3.05, 3.63) is 144 Å². The molecule has 0 amide bonds. The highest BCUT2D eigenvalue weighted by molar-refractivity contribution is 7.99. The molecule has 240 valence electrons. The lowest BCUT2D eigenvalue weighted by Crippen LogP contribution is -2.22. The fourth-order valence-electron chi connectivity index (χ4n) is 6.96. The van der Waals surface area contributed by atoms with Crippen LogP contribution in [0.15, 0.2) is 132 Å². The van der Waals surface area contributed by atoms with Crippen molar-refractivity contribution in [3.8, 4) is 5.75 Å². The smallest absolute Gasteiger partial charge is 0.199 e. The average molecular weight is 633 g/mol. The second-order valence-electron chi connectivity index (χ2n) is 12.6. The lowest BCUT2D eigenvalue weighted by molar-refractivity contribution is -0.140. The van der Waals surface area contributed by atoms with E-state index in [1.165, 1.54) is 40.8 Å². The third kappa shape index (κ3) is 9.53. The summed E-state index contributed by atoms with van der Waals surface area (Å²) in [7, 11) is 0. The number of allylic oxidation sites excluding steroid dienone is 2. The molecule has 0 N–H and O–H groups in total. The van der Waals surface area contributed by atoms with Crippen molar-refractivity contribution in [2.45, 2.75) is 80.8 Å². The molecule has 6 rings (SSSR count). The van der Waals surface area contributed by atoms with Crippen LogP contribution in [0.1, 0.15) is 79.9 Å². The van der Waals surface area contributed by atoms with Crippen molar-refractivity contribution >= 4 is 11.8 Å². The molecule has 0 bridgehead atoms. The van der Waals surface area contributed by atoms with Gasteiger partial charge in [0.2, 0.25) is 0 Å². The second kappa shape index (κ2) is 17.4. The third-order valence-corrected chi connectivity index (χ3v) is 10.4. The number of rotatable bonds is 14. The Morgan fingerprint density at radius 3 is 2.17 bits per heavy atom. The van der Waals surface area contributed by atoms with Crippen LogP contribution in [-0.4, -0.2) is 25.3 Å². The Morgan fingerprint density at radius 2 is 1.43 bits per heavy atom. The molecule has 46 heavy (non-hydrogen) atoms. The highest BCUT2D eigenvalue weighted by atomic mass is 32.2. The summed E-state index contributed by atoms with van der Waals surface area (Å²) in [5.41, 5.74) is 4.13. The van der Waals surface area contributed by atoms with Crippen molar-refractivity contribution in [2.24, 2.45) is 5.92 Å². The molecule has 4 aromatic rings. The molecule has 0 aromatic heterocycles. The van der Waals surface area contributed by atoms with Crippen molar-refractivity contribution in [3.63, 3.8) is 0 Å². The van der Waals surface area contributed by atoms with E-state index < -0.39 is 0 Å². The number of thioether (sulfide) groups is 1. The summed E-state index contributed by atoms with van der Waals surface area (Å²) in [5, 5.41) is 0. The van der Waals surface area contributed by atoms with Crippen molar-refractivity contribution in [1.82, 2.24) is 0 Å². The van der Waals surface area contributed by atoms with Crippen LogP contribution in [0.5, 0.6) is 5.75 Å². The van der Waals surface area contributed by atoms with E-state index in [2.05, 4.69) is 121 Å². The van der Waals surface area contributed by atoms with Gasteiger partial charge in [-0.1, -0.05) is 91.0 Å². The Labute approximate surface area is 280 Å². The van der Waals surface area contributed by atoms with Gasteiger partial charge in [0, 0.05) is 17.7 Å². The predicted molar refractivity (Wildman–Crippen MR) is 191 cm³/mol. The van der Waals surface area contributed by atoms with Gasteiger partial charge in [-0.3, -0.25) is 0 Å². The Bertz CT molecular complexity index is 1450. The number of benzene rings is 4. The van der Waals surface area contributed by atoms with E-state index in [9.17, 15) is 0 Å². The molecule has 1 aliphatic heterocycles. The van der Waals surface area contributed by atoms with Gasteiger partial charge in [0.1, 0.15) is 5.75 Å². The van der Waals surface area contributed by atoms with E-state index >= 15 is 0 Å². The molecule has 0 saturated carbocycles. The molecule has 4 unspecified atom stereocenters. The maximum atomic E-state index is 6.59. The molecule has 0 spiro atoms. The van der Waals surface area contributed by atoms with Crippen LogP contribution in [-0.2, 0) is 15.9 Å². The highest BCUT2D eigenvalue weighted by Gasteiger charge is 2.34. The maximum absolute atomic E-state index is 6.59. The fourth-order valence-corrected chi connectivity index (χ4v) is 7.90. The Morgan fingerprint density at radius 1 is 0.696 bits per heavy atom. The van der Waals surface area contributed by atoms with E-state index in [1.54, 1.807) is 0 Å². The summed E-state index contributed by atoms with van der Waals surface area (Å²) in [4.78, 5) is 1.35. The minimum Gasteiger partial charge on any atom is -0.494 e. The summed E-state index contributed by atoms with van der Waals surface area (Å²) in [5.74, 6) is 4.20. The largest absolute Gasteiger partial charge is 0.494 e. The van der Waals surface area contributed by atoms with Crippen molar-refractivity contribution in [1.29, 1.82) is 0 Å². The van der Waals surface area contributed by atoms with Crippen LogP contribution in [0, 0.1) is 5.92 Å². The predicted octanol–water partition coefficient (Wildman–Crippen LogP) is 11.0. The van der Waals surface area contributed by atoms with E-state index in [0.29, 0.717) is 17.8 Å². The van der Waals surface area contributed by atoms with E-state index in [-0.39, 0.29) is 6.29 Å². The molecular weight excluding hydrogens is 585 g/mol. The molecule has 4 aromatic carbocycles. The van der Waals surface area contributed by atoms with Crippen LogP contribution in [0.3, 0.4) is 0 Å². The number of hydrogen-bond acceptors (Lipinski definition) is 4. The summed E-state index contributed by atoms with van der Waals surface area (Å²) < 4.78 is 18.8. The first-order valence-corrected chi connectivity index (χ1v) is 18.3. The molecule has 1 aliphatic carbocycles. The summed E-state index contributed by atoms with van der Waals surface area (Å²) in [6, 6.07) is 41.7. The minimum atomic E-state index is -0.122. The Balaban J connectivity index is 1.14. The van der Waals surface area contributed by atoms with Crippen LogP contribution in [0.25, 0.3) is 0 Å². The van der Waals surface area contributed by atoms with E-state index in [0.717, 1.165) is 69.0 Å². The molecule has 4 heteroatoms. The lowest BCUT2D eigenvalue weighted by atomic mass is 9.71. The van der Waals surface area contributed by atoms with Gasteiger partial charge in [-0.2, -0.15) is 0 Å². The molecule has 0 radical (unpaired) electrons. The van der Waals surface area contributed by atoms with Gasteiger partial charge in [0.25, 0.3) is 0 Å². The number of hydrogen-bond donors (Lipinski definition) is 0. The van der Waals surface area contributed by atoms with E-state index in [1.807, 2.05) is 11.8 Å². The number of ether oxygens (including phenoxy) is 3. The zero-order chi connectivity index (χ0) is 31.2. The van der Waals surface area contributed by atoms with Crippen molar-refractivity contribution < 1.29 is 14.2 Å². The minimum absolute atomic E-state index is 0.122. The molecular formula is C42H48O3S. The molecule has 4 atom stereocenters. The van der Waals surface area contributed by atoms with Crippen LogP contribution in [0.2, 0.25) is 0 Å². The van der Waals surface area contributed by atoms with Gasteiger partial charge < -0.3 is 14.2 Å². The Kier molecular flexibility index (Phi) is 12.3. The molecule has 3 nitrogen and oxygen atoms in total. The normalized spacial score (nSPS) is 21.6. The van der Waals surface area contributed by atoms with Gasteiger partial charge in [-0.25, -0.2) is 0 Å². The fraction of sp³-hybridized carbons (Fsp3) is 0.381. The summed E-state index contributed by atoms with van der Waals surface area (Å²) >= 11 is 1.94. The average Bonchev–Trinajstić information content (AvgIpc) is 3.29. The van der Waals surface area contributed by atoms with Gasteiger partial charge in [0.15, 0.2) is 6.29 Å². The van der Waals surface area contributed by atoms with Crippen LogP contribution in [0.4, 0.5) is 0 Å². The summed E-state index contributed by atoms with van der Waals surface area (Å²) in [6.07, 6.45) is 12.0. The third-order valence-electron chi connectivity index (χ3n) is 9.29. The van der Waals surface area contributed by atoms with E-state index in [4.69, 9.17) is 14.2 Å². The molecule has 1 fully saturated rings. The lowest BCUT2D eigenvalue weighted by Gasteiger charge is -2.32. The van der Waals surface area contributed by atoms with Crippen molar-refractivity contribution in [2.75, 3.05) is 19.0 Å². The van der Waals surface area contributed by atoms with Gasteiger partial charge in [-0.15, -0.1) is 11.8 Å². The van der Waals surface area contributed by atoms with Gasteiger partial charge >= 0.3 is 0 Å². The zero-order valence-corrected chi connectivity index (χ0v) is 27.8. The monoisotopic (exact) mass is 632 g/mol. The SMILES string of the molecule is C1=C(OC2CCCCO2)CCC(c2ccc(OCCCCCSc3ccccc3)cc2)C(c2ccccc2)C1Cc1ccccc1. The van der Waals surface area contributed by atoms with Gasteiger partial charge in [-0.05, 0) is 115 Å². The topological polar surface area (TPSA) is 27.7 Å². The highest BCUT2D eigenvalue weighted by Crippen LogP contribution is 2.47. The first-order valence-electron chi connectivity index (χ1n) is 17.3. The quantitative estimate of drug-likeness (QED) is 0.102. The zero-order valence-electron chi connectivity index (χ0n) is 27.0. The maximum Gasteiger partial charge on any atom is 0.199 e. The first kappa shape index (κ1) is 32.5. The molecule has 2 aliphatic rings. The van der Waals surface area contributed by atoms with Gasteiger partial charge in [0.05, 0.1) is 19.0 Å². The second-order valence-corrected chi connectivity index (χ2v) is 13.8.